The maximum Gasteiger partial charge on any atom is 0.0991 e. The molecule has 1 rings (SSSR count). The predicted molar refractivity (Wildman–Crippen MR) is 54.7 cm³/mol. The molecule has 0 radical (unpaired) electrons. The first kappa shape index (κ1) is 10.7. The lowest BCUT2D eigenvalue weighted by molar-refractivity contribution is 0.269. The Balaban J connectivity index is 2.79. The zero-order valence-corrected chi connectivity index (χ0v) is 8.20. The molecule has 0 saturated heterocycles. The first-order valence-corrected chi connectivity index (χ1v) is 4.60. The van der Waals surface area contributed by atoms with E-state index in [-0.39, 0.29) is 12.6 Å². The van der Waals surface area contributed by atoms with Crippen molar-refractivity contribution in [1.82, 2.24) is 5.32 Å². The Kier molecular flexibility index (Phi) is 4.11. The van der Waals surface area contributed by atoms with Crippen LogP contribution in [0, 0.1) is 11.3 Å². The quantitative estimate of drug-likeness (QED) is 0.750. The molecule has 0 amide bonds. The van der Waals surface area contributed by atoms with Gasteiger partial charge in [-0.25, -0.2) is 0 Å². The zero-order chi connectivity index (χ0) is 10.4. The van der Waals surface area contributed by atoms with Crippen molar-refractivity contribution < 1.29 is 5.11 Å². The van der Waals surface area contributed by atoms with E-state index in [9.17, 15) is 0 Å². The van der Waals surface area contributed by atoms with Crippen LogP contribution in [0.3, 0.4) is 0 Å². The molecule has 2 N–H and O–H groups in total. The lowest BCUT2D eigenvalue weighted by atomic mass is 10.0. The van der Waals surface area contributed by atoms with E-state index >= 15 is 0 Å². The summed E-state index contributed by atoms with van der Waals surface area (Å²) in [6.45, 7) is 0.158. The molecule has 0 aromatic heterocycles. The number of nitriles is 1. The van der Waals surface area contributed by atoms with Gasteiger partial charge < -0.3 is 10.4 Å². The molecule has 0 spiro atoms. The highest BCUT2D eigenvalue weighted by atomic mass is 16.3. The van der Waals surface area contributed by atoms with Gasteiger partial charge in [0.2, 0.25) is 0 Å². The van der Waals surface area contributed by atoms with Crippen LogP contribution in [0.5, 0.6) is 0 Å². The van der Waals surface area contributed by atoms with Crippen molar-refractivity contribution in [2.45, 2.75) is 12.5 Å². The van der Waals surface area contributed by atoms with Crippen LogP contribution in [0.2, 0.25) is 0 Å². The highest BCUT2D eigenvalue weighted by Gasteiger charge is 2.07. The Morgan fingerprint density at radius 1 is 1.43 bits per heavy atom. The highest BCUT2D eigenvalue weighted by Crippen LogP contribution is 2.16. The maximum atomic E-state index is 8.84. The normalized spacial score (nSPS) is 12.1. The molecule has 0 aliphatic rings. The summed E-state index contributed by atoms with van der Waals surface area (Å²) >= 11 is 0. The van der Waals surface area contributed by atoms with E-state index in [0.717, 1.165) is 5.56 Å². The van der Waals surface area contributed by atoms with Gasteiger partial charge in [-0.3, -0.25) is 0 Å². The van der Waals surface area contributed by atoms with E-state index in [4.69, 9.17) is 10.4 Å². The predicted octanol–water partition coefficient (Wildman–Crippen LogP) is 1.20. The van der Waals surface area contributed by atoms with Gasteiger partial charge >= 0.3 is 0 Å². The summed E-state index contributed by atoms with van der Waals surface area (Å²) in [5.74, 6) is 0. The molecular formula is C11H14N2O. The maximum absolute atomic E-state index is 8.84. The molecule has 1 aromatic carbocycles. The van der Waals surface area contributed by atoms with E-state index in [1.165, 1.54) is 0 Å². The van der Waals surface area contributed by atoms with Gasteiger partial charge in [0.1, 0.15) is 0 Å². The van der Waals surface area contributed by atoms with Crippen molar-refractivity contribution in [3.63, 3.8) is 0 Å². The molecule has 1 unspecified atom stereocenters. The van der Waals surface area contributed by atoms with Crippen molar-refractivity contribution in [2.24, 2.45) is 0 Å². The molecule has 0 fully saturated rings. The van der Waals surface area contributed by atoms with Crippen LogP contribution in [-0.4, -0.2) is 18.8 Å². The average Bonchev–Trinajstić information content (AvgIpc) is 2.26. The van der Waals surface area contributed by atoms with Gasteiger partial charge in [0.15, 0.2) is 0 Å². The summed E-state index contributed by atoms with van der Waals surface area (Å²) < 4.78 is 0. The summed E-state index contributed by atoms with van der Waals surface area (Å²) in [5, 5.41) is 20.6. The fourth-order valence-corrected chi connectivity index (χ4v) is 1.40. The van der Waals surface area contributed by atoms with Crippen molar-refractivity contribution >= 4 is 0 Å². The second-order valence-corrected chi connectivity index (χ2v) is 3.09. The Hall–Kier alpha value is -1.37. The first-order valence-electron chi connectivity index (χ1n) is 4.60. The largest absolute Gasteiger partial charge is 0.396 e. The van der Waals surface area contributed by atoms with Crippen LogP contribution >= 0.6 is 0 Å². The number of hydrogen-bond acceptors (Lipinski definition) is 3. The molecule has 0 bridgehead atoms. The number of aliphatic hydroxyl groups excluding tert-OH is 1. The minimum absolute atomic E-state index is 0.158. The number of hydrogen-bond donors (Lipinski definition) is 2. The third-order valence-corrected chi connectivity index (χ3v) is 2.21. The fraction of sp³-hybridized carbons (Fsp3) is 0.364. The minimum Gasteiger partial charge on any atom is -0.396 e. The molecule has 0 aliphatic heterocycles. The van der Waals surface area contributed by atoms with Crippen molar-refractivity contribution in [2.75, 3.05) is 13.7 Å². The molecule has 14 heavy (non-hydrogen) atoms. The Morgan fingerprint density at radius 2 is 2.07 bits per heavy atom. The number of benzene rings is 1. The van der Waals surface area contributed by atoms with Crippen LogP contribution in [0.1, 0.15) is 23.6 Å². The molecule has 3 nitrogen and oxygen atoms in total. The number of nitrogens with one attached hydrogen (secondary N) is 1. The monoisotopic (exact) mass is 190 g/mol. The van der Waals surface area contributed by atoms with E-state index in [2.05, 4.69) is 11.4 Å². The van der Waals surface area contributed by atoms with Gasteiger partial charge in [-0.15, -0.1) is 0 Å². The molecule has 0 aliphatic carbocycles. The second-order valence-electron chi connectivity index (χ2n) is 3.09. The SMILES string of the molecule is CNC(CCO)c1ccc(C#N)cc1. The van der Waals surface area contributed by atoms with E-state index in [0.29, 0.717) is 12.0 Å². The standard InChI is InChI=1S/C11H14N2O/c1-13-11(6-7-14)10-4-2-9(8-12)3-5-10/h2-5,11,13-14H,6-7H2,1H3. The lowest BCUT2D eigenvalue weighted by Gasteiger charge is -2.14. The second kappa shape index (κ2) is 5.38. The molecule has 3 heteroatoms. The van der Waals surface area contributed by atoms with Crippen LogP contribution in [0.25, 0.3) is 0 Å². The van der Waals surface area contributed by atoms with Crippen LogP contribution < -0.4 is 5.32 Å². The van der Waals surface area contributed by atoms with Gasteiger partial charge in [-0.2, -0.15) is 5.26 Å². The summed E-state index contributed by atoms with van der Waals surface area (Å²) in [4.78, 5) is 0. The summed E-state index contributed by atoms with van der Waals surface area (Å²) in [5.41, 5.74) is 1.76. The van der Waals surface area contributed by atoms with Crippen molar-refractivity contribution in [3.8, 4) is 6.07 Å². The molecule has 1 atom stereocenters. The Labute approximate surface area is 84.0 Å². The molecule has 0 saturated carbocycles. The third kappa shape index (κ3) is 2.56. The van der Waals surface area contributed by atoms with Gasteiger partial charge in [0, 0.05) is 12.6 Å². The lowest BCUT2D eigenvalue weighted by Crippen LogP contribution is -2.17. The van der Waals surface area contributed by atoms with Gasteiger partial charge in [-0.1, -0.05) is 12.1 Å². The highest BCUT2D eigenvalue weighted by molar-refractivity contribution is 5.32. The number of rotatable bonds is 4. The van der Waals surface area contributed by atoms with E-state index in [1.54, 1.807) is 12.1 Å². The number of aliphatic hydroxyl groups is 1. The van der Waals surface area contributed by atoms with Crippen LogP contribution in [0.4, 0.5) is 0 Å². The van der Waals surface area contributed by atoms with Crippen LogP contribution in [0.15, 0.2) is 24.3 Å². The van der Waals surface area contributed by atoms with Gasteiger partial charge in [0.05, 0.1) is 11.6 Å². The topological polar surface area (TPSA) is 56.0 Å². The van der Waals surface area contributed by atoms with Crippen molar-refractivity contribution in [1.29, 1.82) is 5.26 Å². The minimum atomic E-state index is 0.158. The smallest absolute Gasteiger partial charge is 0.0991 e. The number of nitrogens with zero attached hydrogens (tertiary/aromatic N) is 1. The average molecular weight is 190 g/mol. The third-order valence-electron chi connectivity index (χ3n) is 2.21. The van der Waals surface area contributed by atoms with E-state index in [1.807, 2.05) is 19.2 Å². The first-order chi connectivity index (χ1) is 6.81. The summed E-state index contributed by atoms with van der Waals surface area (Å²) in [6.07, 6.45) is 0.683. The Morgan fingerprint density at radius 3 is 2.50 bits per heavy atom. The molecular weight excluding hydrogens is 176 g/mol. The van der Waals surface area contributed by atoms with E-state index < -0.39 is 0 Å². The molecule has 0 heterocycles. The molecule has 1 aromatic rings. The van der Waals surface area contributed by atoms with Gasteiger partial charge in [0.25, 0.3) is 0 Å². The van der Waals surface area contributed by atoms with Crippen molar-refractivity contribution in [3.05, 3.63) is 35.4 Å². The Bertz CT molecular complexity index is 313. The molecule has 74 valence electrons. The zero-order valence-electron chi connectivity index (χ0n) is 8.20. The van der Waals surface area contributed by atoms with Gasteiger partial charge in [-0.05, 0) is 31.2 Å². The summed E-state index contributed by atoms with van der Waals surface area (Å²) in [7, 11) is 1.86. The fourth-order valence-electron chi connectivity index (χ4n) is 1.40. The summed E-state index contributed by atoms with van der Waals surface area (Å²) in [6, 6.07) is 9.63. The van der Waals surface area contributed by atoms with Crippen LogP contribution in [-0.2, 0) is 0 Å².